The lowest BCUT2D eigenvalue weighted by molar-refractivity contribution is -0.126. The molecule has 12 nitrogen and oxygen atoms in total. The highest BCUT2D eigenvalue weighted by Gasteiger charge is 2.65. The molecule has 5 aliphatic rings. The number of amides is 2. The lowest BCUT2D eigenvalue weighted by Crippen LogP contribution is -2.73. The molecule has 0 bridgehead atoms. The first-order valence-corrected chi connectivity index (χ1v) is 14.4. The number of fused-ring (bicyclic) bond motifs is 1. The van der Waals surface area contributed by atoms with Crippen LogP contribution in [0, 0.1) is 5.92 Å². The Kier molecular flexibility index (Phi) is 6.55. The van der Waals surface area contributed by atoms with E-state index in [9.17, 15) is 14.7 Å². The molecule has 4 heterocycles. The average molecular weight is 553 g/mol. The fourth-order valence-corrected chi connectivity index (χ4v) is 7.11. The van der Waals surface area contributed by atoms with E-state index in [0.29, 0.717) is 17.9 Å². The highest BCUT2D eigenvalue weighted by Crippen LogP contribution is 2.42. The Morgan fingerprint density at radius 3 is 2.75 bits per heavy atom. The van der Waals surface area contributed by atoms with Crippen molar-refractivity contribution in [1.29, 1.82) is 0 Å². The highest BCUT2D eigenvalue weighted by molar-refractivity contribution is 5.98. The van der Waals surface area contributed by atoms with Gasteiger partial charge in [-0.2, -0.15) is 0 Å². The van der Waals surface area contributed by atoms with Crippen molar-refractivity contribution in [3.05, 3.63) is 29.3 Å². The molecule has 2 amide bonds. The maximum Gasteiger partial charge on any atom is 0.255 e. The number of aliphatic hydroxyl groups excluding tert-OH is 1. The highest BCUT2D eigenvalue weighted by atomic mass is 16.5. The molecule has 0 radical (unpaired) electrons. The Labute approximate surface area is 234 Å². The molecule has 1 saturated heterocycles. The van der Waals surface area contributed by atoms with Crippen LogP contribution in [0.3, 0.4) is 0 Å². The molecule has 1 aliphatic carbocycles. The molecule has 216 valence electrons. The number of hydrogen-bond acceptors (Lipinski definition) is 10. The van der Waals surface area contributed by atoms with Gasteiger partial charge in [-0.3, -0.25) is 9.59 Å². The SMILES string of the molecule is CC1(C)CCOc2c(C(=O)NC3CN4C(N)=N[C@@H](CNC(=O)C5CCCCC5)C5N=C(N)NC54[C@@H]3O)cccc21. The molecule has 1 spiro atoms. The van der Waals surface area contributed by atoms with Gasteiger partial charge in [0.1, 0.15) is 17.9 Å². The molecule has 2 fully saturated rings. The molecule has 1 saturated carbocycles. The fraction of sp³-hybridized carbons (Fsp3) is 0.643. The molecular weight excluding hydrogens is 512 g/mol. The van der Waals surface area contributed by atoms with Gasteiger partial charge >= 0.3 is 0 Å². The number of rotatable bonds is 5. The number of aliphatic hydroxyl groups is 1. The summed E-state index contributed by atoms with van der Waals surface area (Å²) >= 11 is 0. The fourth-order valence-electron chi connectivity index (χ4n) is 7.11. The quantitative estimate of drug-likeness (QED) is 0.293. The predicted octanol–water partition coefficient (Wildman–Crippen LogP) is -0.102. The van der Waals surface area contributed by atoms with E-state index in [-0.39, 0.29) is 48.2 Å². The Hall–Kier alpha value is -3.54. The van der Waals surface area contributed by atoms with Crippen LogP contribution in [0.1, 0.15) is 68.3 Å². The number of nitrogens with one attached hydrogen (secondary N) is 3. The number of benzene rings is 1. The molecule has 5 atom stereocenters. The third-order valence-electron chi connectivity index (χ3n) is 9.39. The topological polar surface area (TPSA) is 180 Å². The maximum atomic E-state index is 13.6. The molecule has 0 aromatic heterocycles. The van der Waals surface area contributed by atoms with Gasteiger partial charge in [0.25, 0.3) is 5.91 Å². The molecule has 1 aromatic rings. The van der Waals surface area contributed by atoms with Gasteiger partial charge in [-0.1, -0.05) is 45.2 Å². The van der Waals surface area contributed by atoms with Crippen LogP contribution in [0.25, 0.3) is 0 Å². The van der Waals surface area contributed by atoms with Gasteiger partial charge in [-0.05, 0) is 30.7 Å². The van der Waals surface area contributed by atoms with Crippen LogP contribution in [0.15, 0.2) is 28.2 Å². The van der Waals surface area contributed by atoms with Gasteiger partial charge in [0.2, 0.25) is 5.91 Å². The van der Waals surface area contributed by atoms with Crippen molar-refractivity contribution in [3.63, 3.8) is 0 Å². The molecule has 1 aromatic carbocycles. The zero-order valence-corrected chi connectivity index (χ0v) is 23.2. The largest absolute Gasteiger partial charge is 0.492 e. The van der Waals surface area contributed by atoms with E-state index in [1.165, 1.54) is 6.42 Å². The van der Waals surface area contributed by atoms with Crippen LogP contribution in [0.4, 0.5) is 0 Å². The lowest BCUT2D eigenvalue weighted by Gasteiger charge is -2.46. The average Bonchev–Trinajstić information content (AvgIpc) is 3.43. The molecule has 12 heteroatoms. The van der Waals surface area contributed by atoms with Gasteiger partial charge in [0.05, 0.1) is 24.3 Å². The van der Waals surface area contributed by atoms with Crippen LogP contribution < -0.4 is 32.2 Å². The smallest absolute Gasteiger partial charge is 0.255 e. The lowest BCUT2D eigenvalue weighted by atomic mass is 9.79. The second-order valence-corrected chi connectivity index (χ2v) is 12.3. The van der Waals surface area contributed by atoms with E-state index in [1.807, 2.05) is 12.1 Å². The number of carbonyl (C=O) groups is 2. The minimum Gasteiger partial charge on any atom is -0.492 e. The van der Waals surface area contributed by atoms with Crippen molar-refractivity contribution in [2.45, 2.75) is 87.7 Å². The first-order valence-electron chi connectivity index (χ1n) is 14.4. The van der Waals surface area contributed by atoms with Crippen molar-refractivity contribution in [2.24, 2.45) is 27.4 Å². The van der Waals surface area contributed by atoms with Crippen LogP contribution in [-0.4, -0.2) is 83.3 Å². The van der Waals surface area contributed by atoms with Crippen LogP contribution in [-0.2, 0) is 10.2 Å². The van der Waals surface area contributed by atoms with Crippen molar-refractivity contribution in [2.75, 3.05) is 19.7 Å². The second kappa shape index (κ2) is 9.83. The Bertz CT molecular complexity index is 1260. The second-order valence-electron chi connectivity index (χ2n) is 12.3. The number of para-hydroxylation sites is 1. The number of ether oxygens (including phenoxy) is 1. The zero-order chi connectivity index (χ0) is 28.2. The summed E-state index contributed by atoms with van der Waals surface area (Å²) in [5, 5.41) is 20.9. The van der Waals surface area contributed by atoms with Crippen LogP contribution >= 0.6 is 0 Å². The number of aliphatic imine (C=N–C) groups is 2. The van der Waals surface area contributed by atoms with Gasteiger partial charge in [-0.25, -0.2) is 9.98 Å². The maximum absolute atomic E-state index is 13.6. The standard InChI is InChI=1S/C28H40N8O4/c1-27(2)11-12-40-20-16(9-6-10-17(20)27)24(39)32-19-14-36-26(30)33-18(13-31-23(38)15-7-4-3-5-8-15)21-28(36,22(19)37)35-25(29)34-21/h6,9-10,15,18-19,21-22,37H,3-5,7-8,11-14H2,1-2H3,(H2,30,33)(H,31,38)(H,32,39)(H3,29,34,35)/t18-,19?,21?,22+,28?/m0/s1. The van der Waals surface area contributed by atoms with E-state index in [0.717, 1.165) is 37.7 Å². The normalized spacial score (nSPS) is 32.4. The summed E-state index contributed by atoms with van der Waals surface area (Å²) in [6, 6.07) is 3.75. The zero-order valence-electron chi connectivity index (χ0n) is 23.2. The number of guanidine groups is 2. The van der Waals surface area contributed by atoms with E-state index < -0.39 is 29.9 Å². The molecule has 3 unspecified atom stereocenters. The van der Waals surface area contributed by atoms with Crippen molar-refractivity contribution in [1.82, 2.24) is 20.9 Å². The molecular formula is C28H40N8O4. The van der Waals surface area contributed by atoms with Gasteiger partial charge in [-0.15, -0.1) is 0 Å². The molecule has 6 rings (SSSR count). The van der Waals surface area contributed by atoms with Crippen molar-refractivity contribution >= 4 is 23.7 Å². The number of hydrogen-bond donors (Lipinski definition) is 6. The van der Waals surface area contributed by atoms with E-state index in [1.54, 1.807) is 11.0 Å². The molecule has 8 N–H and O–H groups in total. The first-order chi connectivity index (χ1) is 19.1. The van der Waals surface area contributed by atoms with E-state index >= 15 is 0 Å². The summed E-state index contributed by atoms with van der Waals surface area (Å²) in [6.07, 6.45) is 4.82. The number of nitrogens with two attached hydrogens (primary N) is 2. The van der Waals surface area contributed by atoms with E-state index in [4.69, 9.17) is 16.2 Å². The minimum atomic E-state index is -1.19. The van der Waals surface area contributed by atoms with Crippen LogP contribution in [0.2, 0.25) is 0 Å². The molecule has 40 heavy (non-hydrogen) atoms. The van der Waals surface area contributed by atoms with Gasteiger partial charge in [0.15, 0.2) is 17.6 Å². The van der Waals surface area contributed by atoms with Gasteiger partial charge in [0, 0.05) is 24.6 Å². The van der Waals surface area contributed by atoms with Crippen molar-refractivity contribution < 1.29 is 19.4 Å². The van der Waals surface area contributed by atoms with Crippen LogP contribution in [0.5, 0.6) is 5.75 Å². The summed E-state index contributed by atoms with van der Waals surface area (Å²) in [5.41, 5.74) is 12.7. The molecule has 4 aliphatic heterocycles. The summed E-state index contributed by atoms with van der Waals surface area (Å²) in [6.45, 7) is 5.24. The number of nitrogens with zero attached hydrogens (tertiary/aromatic N) is 3. The third-order valence-corrected chi connectivity index (χ3v) is 9.39. The summed E-state index contributed by atoms with van der Waals surface area (Å²) in [7, 11) is 0. The van der Waals surface area contributed by atoms with Gasteiger partial charge < -0.3 is 42.2 Å². The Morgan fingerprint density at radius 2 is 1.98 bits per heavy atom. The number of carbonyl (C=O) groups excluding carboxylic acids is 2. The van der Waals surface area contributed by atoms with Crippen molar-refractivity contribution in [3.8, 4) is 5.75 Å². The van der Waals surface area contributed by atoms with E-state index in [2.05, 4.69) is 39.8 Å². The minimum absolute atomic E-state index is 0.00866. The summed E-state index contributed by atoms with van der Waals surface area (Å²) in [5.74, 6) is 0.616. The Balaban J connectivity index is 1.21. The summed E-state index contributed by atoms with van der Waals surface area (Å²) < 4.78 is 5.95. The summed E-state index contributed by atoms with van der Waals surface area (Å²) in [4.78, 5) is 37.4. The predicted molar refractivity (Wildman–Crippen MR) is 150 cm³/mol. The monoisotopic (exact) mass is 552 g/mol. The third kappa shape index (κ3) is 4.23. The first kappa shape index (κ1) is 26.7. The Morgan fingerprint density at radius 1 is 1.20 bits per heavy atom.